The summed E-state index contributed by atoms with van der Waals surface area (Å²) in [6.45, 7) is 6.87. The van der Waals surface area contributed by atoms with E-state index in [1.54, 1.807) is 0 Å². The minimum atomic E-state index is -0.748. The first-order valence-electron chi connectivity index (χ1n) is 2.63. The zero-order valence-electron chi connectivity index (χ0n) is 4.99. The number of hydrogen-bond donors (Lipinski definition) is 1. The average Bonchev–Trinajstić information content (AvgIpc) is 2.66. The fourth-order valence-electron chi connectivity index (χ4n) is 0.552. The number of hydrogen-bond acceptors (Lipinski definition) is 3. The Morgan fingerprint density at radius 3 is 2.11 bits per heavy atom. The molecule has 0 aliphatic carbocycles. The van der Waals surface area contributed by atoms with Crippen molar-refractivity contribution >= 4 is 0 Å². The van der Waals surface area contributed by atoms with E-state index in [4.69, 9.17) is 5.11 Å². The first-order chi connectivity index (χ1) is 4.25. The minimum Gasteiger partial charge on any atom is -0.384 e. The van der Waals surface area contributed by atoms with Crippen LogP contribution in [0.4, 0.5) is 0 Å². The van der Waals surface area contributed by atoms with Crippen molar-refractivity contribution in [2.24, 2.45) is 10.2 Å². The summed E-state index contributed by atoms with van der Waals surface area (Å²) in [6, 6.07) is 0. The molecule has 1 atom stereocenters. The highest BCUT2D eigenvalue weighted by atomic mass is 16.3. The SMILES string of the molecule is C=CC(O)C1(C=C)N=N1. The van der Waals surface area contributed by atoms with Gasteiger partial charge in [-0.25, -0.2) is 0 Å². The van der Waals surface area contributed by atoms with Crippen LogP contribution in [0, 0.1) is 0 Å². The van der Waals surface area contributed by atoms with Crippen molar-refractivity contribution < 1.29 is 5.11 Å². The molecule has 48 valence electrons. The quantitative estimate of drug-likeness (QED) is 0.558. The molecular weight excluding hydrogens is 116 g/mol. The van der Waals surface area contributed by atoms with Crippen molar-refractivity contribution in [2.75, 3.05) is 0 Å². The third kappa shape index (κ3) is 0.791. The van der Waals surface area contributed by atoms with Gasteiger partial charge in [0.2, 0.25) is 5.66 Å². The van der Waals surface area contributed by atoms with Crippen molar-refractivity contribution in [1.29, 1.82) is 0 Å². The predicted octanol–water partition coefficient (Wildman–Crippen LogP) is 0.881. The normalized spacial score (nSPS) is 22.8. The number of nitrogens with zero attached hydrogens (tertiary/aromatic N) is 2. The zero-order valence-corrected chi connectivity index (χ0v) is 4.99. The van der Waals surface area contributed by atoms with Crippen molar-refractivity contribution in [1.82, 2.24) is 0 Å². The van der Waals surface area contributed by atoms with Crippen LogP contribution in [0.5, 0.6) is 0 Å². The molecule has 3 heteroatoms. The van der Waals surface area contributed by atoms with Gasteiger partial charge in [-0.1, -0.05) is 12.7 Å². The van der Waals surface area contributed by atoms with E-state index < -0.39 is 11.8 Å². The van der Waals surface area contributed by atoms with Crippen molar-refractivity contribution in [2.45, 2.75) is 11.8 Å². The standard InChI is InChI=1S/C6H8N2O/c1-3-5(9)6(4-2)7-8-6/h3-5,9H,1-2H2. The molecule has 1 N–H and O–H groups in total. The number of aliphatic hydroxyl groups is 1. The van der Waals surface area contributed by atoms with Gasteiger partial charge in [0.15, 0.2) is 0 Å². The van der Waals surface area contributed by atoms with Crippen molar-refractivity contribution in [3.8, 4) is 0 Å². The lowest BCUT2D eigenvalue weighted by Gasteiger charge is -2.06. The van der Waals surface area contributed by atoms with Crippen LogP contribution >= 0.6 is 0 Å². The molecule has 9 heavy (non-hydrogen) atoms. The smallest absolute Gasteiger partial charge is 0.237 e. The third-order valence-electron chi connectivity index (χ3n) is 1.29. The summed E-state index contributed by atoms with van der Waals surface area (Å²) in [5.41, 5.74) is -0.748. The van der Waals surface area contributed by atoms with Gasteiger partial charge in [-0.3, -0.25) is 0 Å². The molecular formula is C6H8N2O. The predicted molar refractivity (Wildman–Crippen MR) is 34.0 cm³/mol. The Morgan fingerprint density at radius 2 is 2.00 bits per heavy atom. The van der Waals surface area contributed by atoms with Gasteiger partial charge >= 0.3 is 0 Å². The highest BCUT2D eigenvalue weighted by Gasteiger charge is 2.42. The molecule has 0 aromatic heterocycles. The van der Waals surface area contributed by atoms with Gasteiger partial charge in [0, 0.05) is 0 Å². The van der Waals surface area contributed by atoms with Crippen molar-refractivity contribution in [3.05, 3.63) is 25.3 Å². The van der Waals surface area contributed by atoms with E-state index in [0.717, 1.165) is 0 Å². The second-order valence-electron chi connectivity index (χ2n) is 1.87. The van der Waals surface area contributed by atoms with Gasteiger partial charge in [-0.2, -0.15) is 10.2 Å². The van der Waals surface area contributed by atoms with Crippen LogP contribution in [-0.2, 0) is 0 Å². The summed E-state index contributed by atoms with van der Waals surface area (Å²) in [6.07, 6.45) is 2.18. The maximum Gasteiger partial charge on any atom is 0.237 e. The summed E-state index contributed by atoms with van der Waals surface area (Å²) in [5.74, 6) is 0. The Hall–Kier alpha value is -0.960. The van der Waals surface area contributed by atoms with Gasteiger partial charge in [0.05, 0.1) is 0 Å². The van der Waals surface area contributed by atoms with Crippen LogP contribution in [0.1, 0.15) is 0 Å². The lowest BCUT2D eigenvalue weighted by atomic mass is 10.1. The Labute approximate surface area is 53.4 Å². The average molecular weight is 124 g/mol. The molecule has 0 aromatic carbocycles. The highest BCUT2D eigenvalue weighted by molar-refractivity contribution is 5.16. The van der Waals surface area contributed by atoms with Crippen molar-refractivity contribution in [3.63, 3.8) is 0 Å². The molecule has 3 nitrogen and oxygen atoms in total. The molecule has 0 bridgehead atoms. The fraction of sp³-hybridized carbons (Fsp3) is 0.333. The lowest BCUT2D eigenvalue weighted by Crippen LogP contribution is -2.24. The van der Waals surface area contributed by atoms with Gasteiger partial charge in [-0.15, -0.1) is 6.58 Å². The highest BCUT2D eigenvalue weighted by Crippen LogP contribution is 2.33. The molecule has 0 spiro atoms. The second-order valence-corrected chi connectivity index (χ2v) is 1.87. The summed E-state index contributed by atoms with van der Waals surface area (Å²) in [7, 11) is 0. The maximum absolute atomic E-state index is 9.07. The molecule has 1 heterocycles. The van der Waals surface area contributed by atoms with Gasteiger partial charge in [0.1, 0.15) is 6.10 Å². The molecule has 1 rings (SSSR count). The number of aliphatic hydroxyl groups excluding tert-OH is 1. The molecule has 1 aliphatic heterocycles. The van der Waals surface area contributed by atoms with Gasteiger partial charge < -0.3 is 5.11 Å². The third-order valence-corrected chi connectivity index (χ3v) is 1.29. The van der Waals surface area contributed by atoms with Gasteiger partial charge in [0.25, 0.3) is 0 Å². The van der Waals surface area contributed by atoms with Crippen LogP contribution < -0.4 is 0 Å². The zero-order chi connectivity index (χ0) is 6.91. The Morgan fingerprint density at radius 1 is 1.44 bits per heavy atom. The summed E-state index contributed by atoms with van der Waals surface area (Å²) >= 11 is 0. The number of rotatable bonds is 3. The van der Waals surface area contributed by atoms with E-state index in [-0.39, 0.29) is 0 Å². The van der Waals surface area contributed by atoms with E-state index in [1.165, 1.54) is 12.2 Å². The largest absolute Gasteiger partial charge is 0.384 e. The summed E-state index contributed by atoms with van der Waals surface area (Å²) in [4.78, 5) is 0. The first-order valence-corrected chi connectivity index (χ1v) is 2.63. The molecule has 0 fully saturated rings. The van der Waals surface area contributed by atoms with E-state index in [0.29, 0.717) is 0 Å². The van der Waals surface area contributed by atoms with Crippen LogP contribution in [0.3, 0.4) is 0 Å². The van der Waals surface area contributed by atoms with E-state index in [9.17, 15) is 0 Å². The van der Waals surface area contributed by atoms with Crippen LogP contribution in [0.25, 0.3) is 0 Å². The van der Waals surface area contributed by atoms with E-state index in [2.05, 4.69) is 23.4 Å². The fourth-order valence-corrected chi connectivity index (χ4v) is 0.552. The lowest BCUT2D eigenvalue weighted by molar-refractivity contribution is 0.191. The molecule has 1 aliphatic rings. The Balaban J connectivity index is 2.60. The maximum atomic E-state index is 9.07. The molecule has 0 saturated heterocycles. The molecule has 0 aromatic rings. The van der Waals surface area contributed by atoms with Crippen LogP contribution in [0.2, 0.25) is 0 Å². The van der Waals surface area contributed by atoms with E-state index >= 15 is 0 Å². The summed E-state index contributed by atoms with van der Waals surface area (Å²) in [5, 5.41) is 16.3. The molecule has 0 radical (unpaired) electrons. The minimum absolute atomic E-state index is 0.713. The van der Waals surface area contributed by atoms with Crippen LogP contribution in [0.15, 0.2) is 35.5 Å². The first kappa shape index (κ1) is 6.16. The summed E-state index contributed by atoms with van der Waals surface area (Å²) < 4.78 is 0. The Bertz CT molecular complexity index is 168. The molecule has 1 unspecified atom stereocenters. The Kier molecular flexibility index (Phi) is 1.21. The van der Waals surface area contributed by atoms with Gasteiger partial charge in [-0.05, 0) is 6.08 Å². The monoisotopic (exact) mass is 124 g/mol. The molecule has 0 amide bonds. The molecule has 0 saturated carbocycles. The topological polar surface area (TPSA) is 45.0 Å². The second kappa shape index (κ2) is 1.77. The van der Waals surface area contributed by atoms with Crippen LogP contribution in [-0.4, -0.2) is 16.9 Å². The van der Waals surface area contributed by atoms with E-state index in [1.807, 2.05) is 0 Å².